The highest BCUT2D eigenvalue weighted by Gasteiger charge is 2.18. The van der Waals surface area contributed by atoms with Gasteiger partial charge in [-0.1, -0.05) is 140 Å². The van der Waals surface area contributed by atoms with Crippen LogP contribution in [0.3, 0.4) is 0 Å². The van der Waals surface area contributed by atoms with Gasteiger partial charge in [0.05, 0.1) is 0 Å². The third kappa shape index (κ3) is 5.27. The molecule has 0 fully saturated rings. The minimum atomic E-state index is 0.861. The fraction of sp³-hybridized carbons (Fsp3) is 0. The first-order valence-electron chi connectivity index (χ1n) is 19.6. The SMILES string of the molecule is c1ccc2c(c1)oc1cc(N(c3ccc(-c4ccc(-c5cccc6c5sc5ccccc56)cc4)cc3)c3ccc(-c4cccc5c4oc4ccccc45)cc3)ccc12. The van der Waals surface area contributed by atoms with Gasteiger partial charge in [0.25, 0.3) is 0 Å². The molecule has 12 rings (SSSR count). The van der Waals surface area contributed by atoms with Crippen molar-refractivity contribution in [1.82, 2.24) is 0 Å². The first-order chi connectivity index (χ1) is 28.7. The molecule has 0 saturated carbocycles. The van der Waals surface area contributed by atoms with Crippen LogP contribution in [0.5, 0.6) is 0 Å². The van der Waals surface area contributed by atoms with Crippen LogP contribution in [0.4, 0.5) is 17.1 Å². The van der Waals surface area contributed by atoms with Crippen molar-refractivity contribution in [2.24, 2.45) is 0 Å². The zero-order valence-electron chi connectivity index (χ0n) is 31.2. The van der Waals surface area contributed by atoms with E-state index in [4.69, 9.17) is 8.83 Å². The number of nitrogens with zero attached hydrogens (tertiary/aromatic N) is 1. The molecule has 0 saturated heterocycles. The minimum Gasteiger partial charge on any atom is -0.456 e. The number of thiophene rings is 1. The van der Waals surface area contributed by atoms with Crippen LogP contribution < -0.4 is 4.90 Å². The monoisotopic (exact) mass is 759 g/mol. The van der Waals surface area contributed by atoms with E-state index < -0.39 is 0 Å². The molecule has 0 aliphatic rings. The molecular weight excluding hydrogens is 727 g/mol. The van der Waals surface area contributed by atoms with Crippen LogP contribution >= 0.6 is 11.3 Å². The first-order valence-corrected chi connectivity index (χ1v) is 20.4. The maximum absolute atomic E-state index is 6.40. The molecule has 12 aromatic rings. The van der Waals surface area contributed by atoms with Crippen molar-refractivity contribution < 1.29 is 8.83 Å². The fourth-order valence-corrected chi connectivity index (χ4v) is 9.92. The summed E-state index contributed by atoms with van der Waals surface area (Å²) in [6.45, 7) is 0. The van der Waals surface area contributed by atoms with Crippen LogP contribution in [-0.4, -0.2) is 0 Å². The predicted molar refractivity (Wildman–Crippen MR) is 245 cm³/mol. The highest BCUT2D eigenvalue weighted by Crippen LogP contribution is 2.43. The highest BCUT2D eigenvalue weighted by atomic mass is 32.1. The van der Waals surface area contributed by atoms with Crippen LogP contribution in [0.25, 0.3) is 97.4 Å². The molecule has 3 aromatic heterocycles. The average molecular weight is 760 g/mol. The van der Waals surface area contributed by atoms with E-state index in [1.807, 2.05) is 35.6 Å². The van der Waals surface area contributed by atoms with Gasteiger partial charge in [-0.05, 0) is 82.4 Å². The molecule has 9 aromatic carbocycles. The summed E-state index contributed by atoms with van der Waals surface area (Å²) >= 11 is 1.87. The lowest BCUT2D eigenvalue weighted by Crippen LogP contribution is -2.09. The molecule has 0 unspecified atom stereocenters. The van der Waals surface area contributed by atoms with Gasteiger partial charge in [0, 0.05) is 70.4 Å². The van der Waals surface area contributed by atoms with E-state index in [0.717, 1.165) is 77.6 Å². The number of furan rings is 2. The second-order valence-electron chi connectivity index (χ2n) is 14.8. The number of rotatable bonds is 6. The molecule has 0 aliphatic heterocycles. The third-order valence-electron chi connectivity index (χ3n) is 11.5. The van der Waals surface area contributed by atoms with Gasteiger partial charge in [-0.2, -0.15) is 0 Å². The first kappa shape index (κ1) is 32.8. The van der Waals surface area contributed by atoms with Crippen molar-refractivity contribution in [2.45, 2.75) is 0 Å². The summed E-state index contributed by atoms with van der Waals surface area (Å²) in [5.41, 5.74) is 13.7. The van der Waals surface area contributed by atoms with Gasteiger partial charge in [0.2, 0.25) is 0 Å². The van der Waals surface area contributed by atoms with Crippen molar-refractivity contribution in [3.63, 3.8) is 0 Å². The number of benzene rings is 9. The molecule has 0 radical (unpaired) electrons. The Kier molecular flexibility index (Phi) is 7.40. The summed E-state index contributed by atoms with van der Waals surface area (Å²) in [6, 6.07) is 71.4. The van der Waals surface area contributed by atoms with Crippen molar-refractivity contribution in [3.8, 4) is 33.4 Å². The summed E-state index contributed by atoms with van der Waals surface area (Å²) in [5, 5.41) is 7.13. The van der Waals surface area contributed by atoms with Gasteiger partial charge in [-0.3, -0.25) is 0 Å². The Morgan fingerprint density at radius 1 is 0.328 bits per heavy atom. The highest BCUT2D eigenvalue weighted by molar-refractivity contribution is 7.26. The molecule has 3 nitrogen and oxygen atoms in total. The van der Waals surface area contributed by atoms with E-state index in [9.17, 15) is 0 Å². The fourth-order valence-electron chi connectivity index (χ4n) is 8.69. The molecule has 3 heterocycles. The summed E-state index contributed by atoms with van der Waals surface area (Å²) in [6.07, 6.45) is 0. The summed E-state index contributed by atoms with van der Waals surface area (Å²) in [5.74, 6) is 0. The molecule has 4 heteroatoms. The Morgan fingerprint density at radius 3 is 1.57 bits per heavy atom. The Balaban J connectivity index is 0.915. The number of hydrogen-bond donors (Lipinski definition) is 0. The molecule has 0 spiro atoms. The van der Waals surface area contributed by atoms with Crippen molar-refractivity contribution in [3.05, 3.63) is 200 Å². The molecule has 58 heavy (non-hydrogen) atoms. The topological polar surface area (TPSA) is 29.5 Å². The third-order valence-corrected chi connectivity index (χ3v) is 12.7. The summed E-state index contributed by atoms with van der Waals surface area (Å²) in [7, 11) is 0. The van der Waals surface area contributed by atoms with Crippen LogP contribution in [0.1, 0.15) is 0 Å². The predicted octanol–water partition coefficient (Wildman–Crippen LogP) is 16.3. The zero-order chi connectivity index (χ0) is 38.2. The van der Waals surface area contributed by atoms with Gasteiger partial charge < -0.3 is 13.7 Å². The molecule has 272 valence electrons. The molecule has 0 atom stereocenters. The largest absolute Gasteiger partial charge is 0.456 e. The number of fused-ring (bicyclic) bond motifs is 9. The van der Waals surface area contributed by atoms with E-state index in [1.54, 1.807) is 0 Å². The van der Waals surface area contributed by atoms with Gasteiger partial charge in [-0.25, -0.2) is 0 Å². The molecule has 0 aliphatic carbocycles. The normalized spacial score (nSPS) is 11.8. The molecular formula is C54H33NO2S. The Hall–Kier alpha value is -7.40. The Morgan fingerprint density at radius 2 is 0.828 bits per heavy atom. The lowest BCUT2D eigenvalue weighted by atomic mass is 9.98. The smallest absolute Gasteiger partial charge is 0.143 e. The Bertz CT molecular complexity index is 3500. The summed E-state index contributed by atoms with van der Waals surface area (Å²) < 4.78 is 15.4. The van der Waals surface area contributed by atoms with Gasteiger partial charge in [0.1, 0.15) is 22.3 Å². The van der Waals surface area contributed by atoms with Gasteiger partial charge in [0.15, 0.2) is 0 Å². The lowest BCUT2D eigenvalue weighted by Gasteiger charge is -2.26. The van der Waals surface area contributed by atoms with Crippen LogP contribution in [0.15, 0.2) is 209 Å². The van der Waals surface area contributed by atoms with E-state index in [2.05, 4.69) is 181 Å². The minimum absolute atomic E-state index is 0.861. The maximum Gasteiger partial charge on any atom is 0.143 e. The summed E-state index contributed by atoms with van der Waals surface area (Å²) in [4.78, 5) is 2.30. The van der Waals surface area contributed by atoms with Gasteiger partial charge >= 0.3 is 0 Å². The van der Waals surface area contributed by atoms with Crippen molar-refractivity contribution in [1.29, 1.82) is 0 Å². The van der Waals surface area contributed by atoms with E-state index in [-0.39, 0.29) is 0 Å². The zero-order valence-corrected chi connectivity index (χ0v) is 32.0. The molecule has 0 N–H and O–H groups in total. The van der Waals surface area contributed by atoms with E-state index in [1.165, 1.54) is 36.9 Å². The number of anilines is 3. The van der Waals surface area contributed by atoms with Crippen LogP contribution in [0, 0.1) is 0 Å². The van der Waals surface area contributed by atoms with Crippen molar-refractivity contribution >= 4 is 92.4 Å². The van der Waals surface area contributed by atoms with Crippen molar-refractivity contribution in [2.75, 3.05) is 4.90 Å². The Labute approximate surface area is 338 Å². The van der Waals surface area contributed by atoms with Crippen LogP contribution in [-0.2, 0) is 0 Å². The second-order valence-corrected chi connectivity index (χ2v) is 15.9. The number of hydrogen-bond acceptors (Lipinski definition) is 4. The van der Waals surface area contributed by atoms with Crippen LogP contribution in [0.2, 0.25) is 0 Å². The number of para-hydroxylation sites is 3. The van der Waals surface area contributed by atoms with Gasteiger partial charge in [-0.15, -0.1) is 11.3 Å². The lowest BCUT2D eigenvalue weighted by molar-refractivity contribution is 0.669. The standard InChI is InChI=1S/C54H33NO2S/c1-4-16-49-43(9-1)45-32-31-40(33-51(45)56-49)55(39-29-25-36(26-30-39)41-12-7-14-47-44-10-2-5-17-50(44)57-53(41)47)38-27-23-35(24-28-38)34-19-21-37(22-20-34)42-13-8-15-48-46-11-3-6-18-52(46)58-54(42)48/h1-33H. The molecule has 0 amide bonds. The van der Waals surface area contributed by atoms with E-state index >= 15 is 0 Å². The average Bonchev–Trinajstić information content (AvgIpc) is 3.98. The second kappa shape index (κ2) is 13.1. The molecule has 0 bridgehead atoms. The van der Waals surface area contributed by atoms with E-state index in [0.29, 0.717) is 0 Å². The quantitative estimate of drug-likeness (QED) is 0.169. The maximum atomic E-state index is 6.40.